The maximum atomic E-state index is 11.2. The molecule has 0 saturated heterocycles. The molecule has 4 heteroatoms. The average Bonchev–Trinajstić information content (AvgIpc) is 1.85. The van der Waals surface area contributed by atoms with E-state index in [1.54, 1.807) is 11.8 Å². The number of aliphatic hydroxyl groups is 1. The summed E-state index contributed by atoms with van der Waals surface area (Å²) in [4.78, 5) is 11.2. The van der Waals surface area contributed by atoms with E-state index in [0.717, 1.165) is 5.75 Å². The van der Waals surface area contributed by atoms with Gasteiger partial charge in [-0.2, -0.15) is 11.8 Å². The van der Waals surface area contributed by atoms with Crippen molar-refractivity contribution in [3.63, 3.8) is 0 Å². The van der Waals surface area contributed by atoms with Gasteiger partial charge in [-0.1, -0.05) is 0 Å². The van der Waals surface area contributed by atoms with Crippen molar-refractivity contribution in [3.05, 3.63) is 0 Å². The van der Waals surface area contributed by atoms with Gasteiger partial charge in [-0.05, 0) is 27.0 Å². The second-order valence-corrected chi connectivity index (χ2v) is 4.30. The van der Waals surface area contributed by atoms with E-state index in [2.05, 4.69) is 5.32 Å². The average molecular weight is 191 g/mol. The Morgan fingerprint density at radius 3 is 2.50 bits per heavy atom. The van der Waals surface area contributed by atoms with Crippen LogP contribution in [0.1, 0.15) is 20.8 Å². The van der Waals surface area contributed by atoms with Crippen LogP contribution in [0.15, 0.2) is 0 Å². The van der Waals surface area contributed by atoms with Crippen LogP contribution < -0.4 is 5.32 Å². The predicted octanol–water partition coefficient (Wildman–Crippen LogP) is 0.625. The minimum Gasteiger partial charge on any atom is -0.381 e. The van der Waals surface area contributed by atoms with E-state index in [1.165, 1.54) is 13.8 Å². The Bertz CT molecular complexity index is 154. The molecule has 12 heavy (non-hydrogen) atoms. The van der Waals surface area contributed by atoms with Gasteiger partial charge in [0.05, 0.1) is 0 Å². The van der Waals surface area contributed by atoms with Crippen LogP contribution in [-0.2, 0) is 4.79 Å². The molecule has 0 spiro atoms. The molecule has 0 saturated carbocycles. The van der Waals surface area contributed by atoms with Crippen LogP contribution in [0.2, 0.25) is 0 Å². The smallest absolute Gasteiger partial charge is 0.251 e. The third-order valence-corrected chi connectivity index (χ3v) is 2.18. The molecule has 1 atom stereocenters. The van der Waals surface area contributed by atoms with Crippen LogP contribution >= 0.6 is 11.8 Å². The van der Waals surface area contributed by atoms with Crippen molar-refractivity contribution in [1.29, 1.82) is 0 Å². The predicted molar refractivity (Wildman–Crippen MR) is 52.3 cm³/mol. The number of thioether (sulfide) groups is 1. The van der Waals surface area contributed by atoms with Crippen LogP contribution in [0, 0.1) is 0 Å². The fourth-order valence-electron chi connectivity index (χ4n) is 0.692. The molecule has 0 heterocycles. The van der Waals surface area contributed by atoms with Gasteiger partial charge in [0.25, 0.3) is 5.91 Å². The summed E-state index contributed by atoms with van der Waals surface area (Å²) in [6.45, 7) is 4.88. The molecule has 0 fully saturated rings. The standard InChI is InChI=1S/C8H17NO2S/c1-6(5-12-4)9-7(10)8(2,3)11/h6,11H,5H2,1-4H3,(H,9,10). The third-order valence-electron chi connectivity index (χ3n) is 1.35. The van der Waals surface area contributed by atoms with Crippen LogP contribution in [0.25, 0.3) is 0 Å². The van der Waals surface area contributed by atoms with E-state index in [9.17, 15) is 9.90 Å². The van der Waals surface area contributed by atoms with Gasteiger partial charge in [-0.25, -0.2) is 0 Å². The summed E-state index contributed by atoms with van der Waals surface area (Å²) in [5.41, 5.74) is -1.27. The SMILES string of the molecule is CSCC(C)NC(=O)C(C)(C)O. The number of nitrogens with one attached hydrogen (secondary N) is 1. The largest absolute Gasteiger partial charge is 0.381 e. The number of rotatable bonds is 4. The first kappa shape index (κ1) is 11.8. The van der Waals surface area contributed by atoms with Crippen molar-refractivity contribution in [3.8, 4) is 0 Å². The van der Waals surface area contributed by atoms with Gasteiger partial charge in [-0.3, -0.25) is 4.79 Å². The molecule has 1 unspecified atom stereocenters. The second kappa shape index (κ2) is 4.72. The number of carbonyl (C=O) groups is 1. The van der Waals surface area contributed by atoms with E-state index in [4.69, 9.17) is 0 Å². The summed E-state index contributed by atoms with van der Waals surface area (Å²) in [7, 11) is 0. The van der Waals surface area contributed by atoms with Crippen molar-refractivity contribution in [2.24, 2.45) is 0 Å². The zero-order chi connectivity index (χ0) is 9.78. The minimum absolute atomic E-state index is 0.110. The molecule has 72 valence electrons. The first-order valence-corrected chi connectivity index (χ1v) is 5.29. The first-order chi connectivity index (χ1) is 5.38. The fourth-order valence-corrected chi connectivity index (χ4v) is 1.28. The maximum absolute atomic E-state index is 11.2. The van der Waals surface area contributed by atoms with Crippen molar-refractivity contribution in [2.45, 2.75) is 32.4 Å². The summed E-state index contributed by atoms with van der Waals surface area (Å²) in [6, 6.07) is 0.110. The molecule has 0 aliphatic heterocycles. The second-order valence-electron chi connectivity index (χ2n) is 3.39. The van der Waals surface area contributed by atoms with Crippen molar-refractivity contribution < 1.29 is 9.90 Å². The van der Waals surface area contributed by atoms with Gasteiger partial charge in [0, 0.05) is 11.8 Å². The number of carbonyl (C=O) groups excluding carboxylic acids is 1. The van der Waals surface area contributed by atoms with Crippen LogP contribution in [0.4, 0.5) is 0 Å². The Balaban J connectivity index is 3.85. The van der Waals surface area contributed by atoms with Gasteiger partial charge in [0.1, 0.15) is 5.60 Å². The van der Waals surface area contributed by atoms with Gasteiger partial charge >= 0.3 is 0 Å². The molecular weight excluding hydrogens is 174 g/mol. The van der Waals surface area contributed by atoms with E-state index < -0.39 is 5.60 Å². The van der Waals surface area contributed by atoms with E-state index >= 15 is 0 Å². The van der Waals surface area contributed by atoms with Gasteiger partial charge in [0.15, 0.2) is 0 Å². The van der Waals surface area contributed by atoms with E-state index in [-0.39, 0.29) is 11.9 Å². The lowest BCUT2D eigenvalue weighted by Crippen LogP contribution is -2.46. The van der Waals surface area contributed by atoms with Crippen LogP contribution in [-0.4, -0.2) is 34.7 Å². The monoisotopic (exact) mass is 191 g/mol. The van der Waals surface area contributed by atoms with E-state index in [1.807, 2.05) is 13.2 Å². The molecule has 0 aliphatic carbocycles. The zero-order valence-electron chi connectivity index (χ0n) is 8.05. The zero-order valence-corrected chi connectivity index (χ0v) is 8.86. The molecule has 0 aliphatic rings. The number of hydrogen-bond donors (Lipinski definition) is 2. The molecule has 3 nitrogen and oxygen atoms in total. The molecule has 0 aromatic heterocycles. The molecular formula is C8H17NO2S. The summed E-state index contributed by atoms with van der Waals surface area (Å²) in [5.74, 6) is 0.547. The molecule has 2 N–H and O–H groups in total. The summed E-state index contributed by atoms with van der Waals surface area (Å²) in [5, 5.41) is 12.0. The highest BCUT2D eigenvalue weighted by Crippen LogP contribution is 2.02. The Kier molecular flexibility index (Phi) is 4.63. The van der Waals surface area contributed by atoms with Crippen LogP contribution in [0.3, 0.4) is 0 Å². The summed E-state index contributed by atoms with van der Waals surface area (Å²) in [6.07, 6.45) is 1.98. The summed E-state index contributed by atoms with van der Waals surface area (Å²) < 4.78 is 0. The topological polar surface area (TPSA) is 49.3 Å². The van der Waals surface area contributed by atoms with Gasteiger partial charge < -0.3 is 10.4 Å². The molecule has 0 bridgehead atoms. The third kappa shape index (κ3) is 4.62. The van der Waals surface area contributed by atoms with Gasteiger partial charge in [-0.15, -0.1) is 0 Å². The highest BCUT2D eigenvalue weighted by molar-refractivity contribution is 7.98. The van der Waals surface area contributed by atoms with Crippen molar-refractivity contribution >= 4 is 17.7 Å². The molecule has 1 amide bonds. The van der Waals surface area contributed by atoms with E-state index in [0.29, 0.717) is 0 Å². The fraction of sp³-hybridized carbons (Fsp3) is 0.875. The Morgan fingerprint density at radius 1 is 1.67 bits per heavy atom. The lowest BCUT2D eigenvalue weighted by molar-refractivity contribution is -0.136. The highest BCUT2D eigenvalue weighted by atomic mass is 32.2. The quantitative estimate of drug-likeness (QED) is 0.685. The first-order valence-electron chi connectivity index (χ1n) is 3.90. The molecule has 0 aromatic rings. The van der Waals surface area contributed by atoms with Gasteiger partial charge in [0.2, 0.25) is 0 Å². The normalized spacial score (nSPS) is 14.1. The Hall–Kier alpha value is -0.220. The summed E-state index contributed by atoms with van der Waals surface area (Å²) >= 11 is 1.67. The van der Waals surface area contributed by atoms with Crippen LogP contribution in [0.5, 0.6) is 0 Å². The molecule has 0 radical (unpaired) electrons. The Labute approximate surface area is 77.9 Å². The molecule has 0 rings (SSSR count). The lowest BCUT2D eigenvalue weighted by atomic mass is 10.1. The van der Waals surface area contributed by atoms with Crippen molar-refractivity contribution in [2.75, 3.05) is 12.0 Å². The lowest BCUT2D eigenvalue weighted by Gasteiger charge is -2.20. The number of hydrogen-bond acceptors (Lipinski definition) is 3. The number of amides is 1. The Morgan fingerprint density at radius 2 is 2.17 bits per heavy atom. The van der Waals surface area contributed by atoms with Crippen molar-refractivity contribution in [1.82, 2.24) is 5.32 Å². The highest BCUT2D eigenvalue weighted by Gasteiger charge is 2.24. The molecule has 0 aromatic carbocycles. The maximum Gasteiger partial charge on any atom is 0.251 e. The minimum atomic E-state index is -1.27.